The Bertz CT molecular complexity index is 444. The smallest absolute Gasteiger partial charge is 0.165 e. The number of nitrogens with two attached hydrogens (primary N) is 1. The van der Waals surface area contributed by atoms with E-state index in [1.807, 2.05) is 18.3 Å². The van der Waals surface area contributed by atoms with Crippen LogP contribution in [0.2, 0.25) is 0 Å². The lowest BCUT2D eigenvalue weighted by molar-refractivity contribution is 0.926. The number of nitrogens with one attached hydrogen (secondary N) is 1. The lowest BCUT2D eigenvalue weighted by Gasteiger charge is -2.13. The number of thioether (sulfide) groups is 1. The Morgan fingerprint density at radius 2 is 2.38 bits per heavy atom. The molecular formula is C11H12BrN3S. The van der Waals surface area contributed by atoms with Crippen LogP contribution in [0, 0.1) is 0 Å². The molecule has 0 spiro atoms. The first-order valence-electron chi connectivity index (χ1n) is 4.91. The van der Waals surface area contributed by atoms with E-state index in [0.717, 1.165) is 9.63 Å². The molecule has 1 unspecified atom stereocenters. The summed E-state index contributed by atoms with van der Waals surface area (Å²) < 4.78 is 1.07. The summed E-state index contributed by atoms with van der Waals surface area (Å²) in [5.74, 6) is 0. The van der Waals surface area contributed by atoms with Crippen molar-refractivity contribution < 1.29 is 0 Å². The Kier molecular flexibility index (Phi) is 4.04. The van der Waals surface area contributed by atoms with E-state index in [2.05, 4.69) is 38.0 Å². The van der Waals surface area contributed by atoms with Crippen LogP contribution in [0.15, 0.2) is 46.3 Å². The molecule has 0 aliphatic heterocycles. The van der Waals surface area contributed by atoms with E-state index in [4.69, 9.17) is 5.73 Å². The lowest BCUT2D eigenvalue weighted by atomic mass is 10.1. The monoisotopic (exact) mass is 297 g/mol. The highest BCUT2D eigenvalue weighted by atomic mass is 79.9. The van der Waals surface area contributed by atoms with Crippen LogP contribution in [0.3, 0.4) is 0 Å². The summed E-state index contributed by atoms with van der Waals surface area (Å²) in [5, 5.41) is 1.12. The van der Waals surface area contributed by atoms with E-state index in [9.17, 15) is 0 Å². The minimum absolute atomic E-state index is 0.226. The first-order valence-corrected chi connectivity index (χ1v) is 6.58. The fourth-order valence-electron chi connectivity index (χ4n) is 1.41. The van der Waals surface area contributed by atoms with Crippen LogP contribution in [0.5, 0.6) is 0 Å². The molecular weight excluding hydrogens is 286 g/mol. The molecule has 16 heavy (non-hydrogen) atoms. The van der Waals surface area contributed by atoms with Crippen molar-refractivity contribution in [3.8, 4) is 0 Å². The van der Waals surface area contributed by atoms with Gasteiger partial charge in [-0.25, -0.2) is 4.98 Å². The molecule has 2 aromatic rings. The third kappa shape index (κ3) is 2.87. The summed E-state index contributed by atoms with van der Waals surface area (Å²) in [6.45, 7) is 0.585. The second-order valence-corrected chi connectivity index (χ2v) is 5.40. The van der Waals surface area contributed by atoms with Gasteiger partial charge in [-0.1, -0.05) is 39.8 Å². The molecule has 1 heterocycles. The van der Waals surface area contributed by atoms with Crippen molar-refractivity contribution in [2.75, 3.05) is 6.54 Å². The molecule has 1 atom stereocenters. The van der Waals surface area contributed by atoms with Gasteiger partial charge in [0, 0.05) is 28.7 Å². The average molecular weight is 298 g/mol. The normalized spacial score (nSPS) is 12.6. The van der Waals surface area contributed by atoms with Crippen molar-refractivity contribution in [2.24, 2.45) is 5.73 Å². The van der Waals surface area contributed by atoms with Crippen molar-refractivity contribution in [2.45, 2.75) is 10.4 Å². The molecule has 0 bridgehead atoms. The molecule has 0 saturated carbocycles. The standard InChI is InChI=1S/C11H12BrN3S/c12-9-3-1-2-8(6-9)10(7-13)16-11-14-4-5-15-11/h1-6,10H,7,13H2,(H,14,15). The minimum atomic E-state index is 0.226. The van der Waals surface area contributed by atoms with E-state index >= 15 is 0 Å². The van der Waals surface area contributed by atoms with Gasteiger partial charge in [-0.2, -0.15) is 0 Å². The number of aromatic amines is 1. The van der Waals surface area contributed by atoms with Gasteiger partial charge in [0.25, 0.3) is 0 Å². The average Bonchev–Trinajstić information content (AvgIpc) is 2.78. The number of aromatic nitrogens is 2. The van der Waals surface area contributed by atoms with Crippen LogP contribution in [0.25, 0.3) is 0 Å². The molecule has 0 saturated heterocycles. The second kappa shape index (κ2) is 5.52. The number of hydrogen-bond donors (Lipinski definition) is 2. The Hall–Kier alpha value is -0.780. The summed E-state index contributed by atoms with van der Waals surface area (Å²) in [6, 6.07) is 8.20. The van der Waals surface area contributed by atoms with Crippen molar-refractivity contribution in [3.63, 3.8) is 0 Å². The topological polar surface area (TPSA) is 54.7 Å². The van der Waals surface area contributed by atoms with Crippen LogP contribution in [-0.2, 0) is 0 Å². The van der Waals surface area contributed by atoms with Gasteiger partial charge in [-0.3, -0.25) is 0 Å². The van der Waals surface area contributed by atoms with Crippen molar-refractivity contribution in [1.82, 2.24) is 9.97 Å². The molecule has 5 heteroatoms. The number of halogens is 1. The maximum absolute atomic E-state index is 5.79. The van der Waals surface area contributed by atoms with Gasteiger partial charge in [0.15, 0.2) is 5.16 Å². The first kappa shape index (κ1) is 11.7. The zero-order valence-corrected chi connectivity index (χ0v) is 11.0. The van der Waals surface area contributed by atoms with Crippen molar-refractivity contribution in [3.05, 3.63) is 46.7 Å². The molecule has 0 aliphatic carbocycles. The van der Waals surface area contributed by atoms with Gasteiger partial charge in [0.1, 0.15) is 0 Å². The molecule has 1 aromatic carbocycles. The third-order valence-corrected chi connectivity index (χ3v) is 3.85. The Labute approximate surface area is 107 Å². The van der Waals surface area contributed by atoms with E-state index < -0.39 is 0 Å². The summed E-state index contributed by atoms with van der Waals surface area (Å²) in [5.41, 5.74) is 7.00. The predicted octanol–water partition coefficient (Wildman–Crippen LogP) is 2.96. The third-order valence-electron chi connectivity index (χ3n) is 2.16. The second-order valence-electron chi connectivity index (χ2n) is 3.29. The fourth-order valence-corrected chi connectivity index (χ4v) is 2.73. The quantitative estimate of drug-likeness (QED) is 0.853. The van der Waals surface area contributed by atoms with Crippen molar-refractivity contribution in [1.29, 1.82) is 0 Å². The Balaban J connectivity index is 2.16. The van der Waals surface area contributed by atoms with E-state index in [-0.39, 0.29) is 5.25 Å². The zero-order chi connectivity index (χ0) is 11.4. The molecule has 2 rings (SSSR count). The zero-order valence-electron chi connectivity index (χ0n) is 8.56. The number of imidazole rings is 1. The molecule has 0 radical (unpaired) electrons. The van der Waals surface area contributed by atoms with Gasteiger partial charge in [0.2, 0.25) is 0 Å². The van der Waals surface area contributed by atoms with Gasteiger partial charge >= 0.3 is 0 Å². The maximum atomic E-state index is 5.79. The summed E-state index contributed by atoms with van der Waals surface area (Å²) in [6.07, 6.45) is 3.56. The molecule has 3 nitrogen and oxygen atoms in total. The molecule has 3 N–H and O–H groups in total. The van der Waals surface area contributed by atoms with E-state index in [1.165, 1.54) is 5.56 Å². The summed E-state index contributed by atoms with van der Waals surface area (Å²) >= 11 is 5.11. The highest BCUT2D eigenvalue weighted by Gasteiger charge is 2.12. The number of benzene rings is 1. The summed E-state index contributed by atoms with van der Waals surface area (Å²) in [4.78, 5) is 7.26. The maximum Gasteiger partial charge on any atom is 0.165 e. The number of hydrogen-bond acceptors (Lipinski definition) is 3. The number of H-pyrrole nitrogens is 1. The lowest BCUT2D eigenvalue weighted by Crippen LogP contribution is -2.09. The van der Waals surface area contributed by atoms with E-state index in [0.29, 0.717) is 6.54 Å². The van der Waals surface area contributed by atoms with Crippen LogP contribution in [0.4, 0.5) is 0 Å². The molecule has 84 valence electrons. The number of nitrogens with zero attached hydrogens (tertiary/aromatic N) is 1. The van der Waals surface area contributed by atoms with Gasteiger partial charge in [-0.15, -0.1) is 0 Å². The Morgan fingerprint density at radius 3 is 3.00 bits per heavy atom. The minimum Gasteiger partial charge on any atom is -0.340 e. The van der Waals surface area contributed by atoms with E-state index in [1.54, 1.807) is 18.0 Å². The Morgan fingerprint density at radius 1 is 1.50 bits per heavy atom. The highest BCUT2D eigenvalue weighted by Crippen LogP contribution is 2.33. The molecule has 0 fully saturated rings. The van der Waals surface area contributed by atoms with Gasteiger partial charge in [0.05, 0.1) is 0 Å². The highest BCUT2D eigenvalue weighted by molar-refractivity contribution is 9.10. The predicted molar refractivity (Wildman–Crippen MR) is 70.4 cm³/mol. The van der Waals surface area contributed by atoms with Crippen LogP contribution in [0.1, 0.15) is 10.8 Å². The largest absolute Gasteiger partial charge is 0.340 e. The molecule has 0 aliphatic rings. The molecule has 0 amide bonds. The van der Waals surface area contributed by atoms with Crippen LogP contribution in [-0.4, -0.2) is 16.5 Å². The van der Waals surface area contributed by atoms with Gasteiger partial charge < -0.3 is 10.7 Å². The van der Waals surface area contributed by atoms with Crippen molar-refractivity contribution >= 4 is 27.7 Å². The fraction of sp³-hybridized carbons (Fsp3) is 0.182. The van der Waals surface area contributed by atoms with Crippen LogP contribution >= 0.6 is 27.7 Å². The van der Waals surface area contributed by atoms with Crippen LogP contribution < -0.4 is 5.73 Å². The first-order chi connectivity index (χ1) is 7.79. The summed E-state index contributed by atoms with van der Waals surface area (Å²) in [7, 11) is 0. The molecule has 1 aromatic heterocycles. The SMILES string of the molecule is NCC(Sc1ncc[nH]1)c1cccc(Br)c1. The van der Waals surface area contributed by atoms with Gasteiger partial charge in [-0.05, 0) is 17.7 Å². The number of rotatable bonds is 4.